The van der Waals surface area contributed by atoms with E-state index >= 15 is 0 Å². The van der Waals surface area contributed by atoms with Crippen molar-refractivity contribution in [2.24, 2.45) is 0 Å². The molecule has 0 saturated carbocycles. The van der Waals surface area contributed by atoms with Crippen molar-refractivity contribution in [3.05, 3.63) is 68.1 Å². The summed E-state index contributed by atoms with van der Waals surface area (Å²) in [7, 11) is 0. The van der Waals surface area contributed by atoms with Crippen LogP contribution in [0.25, 0.3) is 0 Å². The fourth-order valence-electron chi connectivity index (χ4n) is 0.800. The van der Waals surface area contributed by atoms with Gasteiger partial charge in [-0.3, -0.25) is 0 Å². The molecule has 0 aliphatic heterocycles. The van der Waals surface area contributed by atoms with Crippen LogP contribution >= 0.6 is 0 Å². The van der Waals surface area contributed by atoms with Crippen molar-refractivity contribution in [3.63, 3.8) is 0 Å². The van der Waals surface area contributed by atoms with Crippen LogP contribution in [-0.4, -0.2) is 11.7 Å². The van der Waals surface area contributed by atoms with Gasteiger partial charge in [-0.25, -0.2) is 24.3 Å². The summed E-state index contributed by atoms with van der Waals surface area (Å²) >= 11 is 0. The predicted molar refractivity (Wildman–Crippen MR) is 72.5 cm³/mol. The zero-order valence-corrected chi connectivity index (χ0v) is 13.3. The number of aliphatic hydroxyl groups excluding tert-OH is 1. The first kappa shape index (κ1) is 21.8. The molecule has 0 bridgehead atoms. The molecule has 2 heteroatoms. The first-order valence-corrected chi connectivity index (χ1v) is 5.36. The fraction of sp³-hybridized carbons (Fsp3) is 0.267. The summed E-state index contributed by atoms with van der Waals surface area (Å²) in [5.74, 6) is 0. The summed E-state index contributed by atoms with van der Waals surface area (Å²) in [6.07, 6.45) is 2.04. The van der Waals surface area contributed by atoms with Gasteiger partial charge >= 0.3 is 26.2 Å². The van der Waals surface area contributed by atoms with Crippen LogP contribution in [0.2, 0.25) is 0 Å². The van der Waals surface area contributed by atoms with E-state index in [0.29, 0.717) is 6.61 Å². The predicted octanol–water partition coefficient (Wildman–Crippen LogP) is 4.04. The van der Waals surface area contributed by atoms with Gasteiger partial charge in [-0.15, -0.1) is 0 Å². The van der Waals surface area contributed by atoms with Gasteiger partial charge < -0.3 is 12.5 Å². The molecule has 0 amide bonds. The van der Waals surface area contributed by atoms with Gasteiger partial charge in [-0.05, 0) is 6.42 Å². The van der Waals surface area contributed by atoms with Crippen LogP contribution in [0.4, 0.5) is 0 Å². The zero-order chi connectivity index (χ0) is 11.2. The van der Waals surface area contributed by atoms with E-state index in [1.165, 1.54) is 0 Å². The number of hydrogen-bond donors (Lipinski definition) is 1. The number of hydrogen-bond acceptors (Lipinski definition) is 1. The fourth-order valence-corrected chi connectivity index (χ4v) is 0.800. The normalized spacial score (nSPS) is 7.18. The van der Waals surface area contributed by atoms with Crippen LogP contribution < -0.4 is 0 Å². The van der Waals surface area contributed by atoms with Gasteiger partial charge in [0, 0.05) is 6.61 Å². The summed E-state index contributed by atoms with van der Waals surface area (Å²) in [6, 6.07) is 20.0. The molecule has 0 spiro atoms. The average molecular weight is 311 g/mol. The van der Waals surface area contributed by atoms with E-state index in [1.807, 2.05) is 60.7 Å². The summed E-state index contributed by atoms with van der Waals surface area (Å²) in [6.45, 7) is 2.40. The summed E-state index contributed by atoms with van der Waals surface area (Å²) in [4.78, 5) is 0. The van der Waals surface area contributed by atoms with E-state index in [9.17, 15) is 0 Å². The molecule has 0 unspecified atom stereocenters. The topological polar surface area (TPSA) is 20.2 Å². The molecule has 0 saturated heterocycles. The Morgan fingerprint density at radius 1 is 0.882 bits per heavy atom. The summed E-state index contributed by atoms with van der Waals surface area (Å²) in [5.41, 5.74) is 0. The van der Waals surface area contributed by atoms with E-state index in [0.717, 1.165) is 12.8 Å². The van der Waals surface area contributed by atoms with Gasteiger partial charge in [-0.1, -0.05) is 13.3 Å². The molecule has 2 aromatic carbocycles. The number of rotatable bonds is 2. The van der Waals surface area contributed by atoms with Crippen LogP contribution in [0.1, 0.15) is 19.8 Å². The van der Waals surface area contributed by atoms with Gasteiger partial charge in [0.05, 0.1) is 0 Å². The molecule has 0 atom stereocenters. The zero-order valence-electron chi connectivity index (χ0n) is 10.8. The quantitative estimate of drug-likeness (QED) is 0.830. The van der Waals surface area contributed by atoms with Crippen LogP contribution in [0.15, 0.2) is 60.7 Å². The van der Waals surface area contributed by atoms with Crippen molar-refractivity contribution in [2.75, 3.05) is 6.61 Å². The molecule has 0 fully saturated rings. The summed E-state index contributed by atoms with van der Waals surface area (Å²) < 4.78 is 0. The van der Waals surface area contributed by atoms with Gasteiger partial charge in [0.15, 0.2) is 0 Å². The van der Waals surface area contributed by atoms with Crippen LogP contribution in [0.5, 0.6) is 0 Å². The smallest absolute Gasteiger partial charge is 0.396 e. The molecule has 17 heavy (non-hydrogen) atoms. The van der Waals surface area contributed by atoms with Crippen molar-refractivity contribution >= 4 is 0 Å². The van der Waals surface area contributed by atoms with Crippen LogP contribution in [0.3, 0.4) is 0 Å². The molecule has 0 aliphatic rings. The molecule has 0 aliphatic carbocycles. The van der Waals surface area contributed by atoms with Gasteiger partial charge in [-0.2, -0.15) is 36.4 Å². The van der Waals surface area contributed by atoms with Crippen LogP contribution in [-0.2, 0) is 26.2 Å². The van der Waals surface area contributed by atoms with Crippen molar-refractivity contribution < 1.29 is 31.3 Å². The van der Waals surface area contributed by atoms with Crippen molar-refractivity contribution in [1.82, 2.24) is 0 Å². The molecule has 1 radical (unpaired) electrons. The van der Waals surface area contributed by atoms with Crippen LogP contribution in [0, 0.1) is 7.43 Å². The van der Waals surface area contributed by atoms with Crippen molar-refractivity contribution in [1.29, 1.82) is 0 Å². The second-order valence-corrected chi connectivity index (χ2v) is 3.00. The second kappa shape index (κ2) is 20.9. The third-order valence-electron chi connectivity index (χ3n) is 1.62. The van der Waals surface area contributed by atoms with E-state index in [4.69, 9.17) is 5.11 Å². The SMILES string of the molecule is CCCCO.[CH3-].[Zr+3].c1cc[cH-]c1.c1cc[cH-]c1. The largest absolute Gasteiger partial charge is 3.00 e. The first-order chi connectivity index (χ1) is 7.41. The Morgan fingerprint density at radius 2 is 1.24 bits per heavy atom. The second-order valence-electron chi connectivity index (χ2n) is 3.00. The Hall–Kier alpha value is -0.457. The van der Waals surface area contributed by atoms with Gasteiger partial charge in [0.2, 0.25) is 0 Å². The van der Waals surface area contributed by atoms with E-state index in [2.05, 4.69) is 6.92 Å². The molecule has 2 rings (SSSR count). The van der Waals surface area contributed by atoms with Gasteiger partial charge in [0.25, 0.3) is 0 Å². The minimum atomic E-state index is 0. The number of aliphatic hydroxyl groups is 1. The average Bonchev–Trinajstić information content (AvgIpc) is 2.99. The molecular formula is C15H23OZr. The Balaban J connectivity index is -0.000000163. The molecular weight excluding hydrogens is 287 g/mol. The molecule has 93 valence electrons. The first-order valence-electron chi connectivity index (χ1n) is 5.36. The molecule has 0 aromatic heterocycles. The number of unbranched alkanes of at least 4 members (excludes halogenated alkanes) is 1. The van der Waals surface area contributed by atoms with Gasteiger partial charge in [0.1, 0.15) is 0 Å². The maximum absolute atomic E-state index is 8.07. The third-order valence-corrected chi connectivity index (χ3v) is 1.62. The van der Waals surface area contributed by atoms with E-state index in [-0.39, 0.29) is 33.6 Å². The standard InChI is InChI=1S/2C5H5.C4H10O.CH3.Zr/c2*1-2-4-5-3-1;1-2-3-4-5;;/h2*1-5H;5H,2-4H2,1H3;1H3;/q2*-1;;-1;+3. The summed E-state index contributed by atoms with van der Waals surface area (Å²) in [5, 5.41) is 8.07. The Kier molecular flexibility index (Phi) is 26.8. The van der Waals surface area contributed by atoms with Crippen molar-refractivity contribution in [3.8, 4) is 0 Å². The van der Waals surface area contributed by atoms with Crippen molar-refractivity contribution in [2.45, 2.75) is 19.8 Å². The molecule has 2 aromatic rings. The molecule has 1 N–H and O–H groups in total. The minimum Gasteiger partial charge on any atom is -0.396 e. The molecule has 1 nitrogen and oxygen atoms in total. The Labute approximate surface area is 125 Å². The molecule has 0 heterocycles. The van der Waals surface area contributed by atoms with E-state index < -0.39 is 0 Å². The minimum absolute atomic E-state index is 0. The monoisotopic (exact) mass is 309 g/mol. The maximum Gasteiger partial charge on any atom is 3.00 e. The maximum atomic E-state index is 8.07. The van der Waals surface area contributed by atoms with E-state index in [1.54, 1.807) is 0 Å². The Bertz CT molecular complexity index is 186. The Morgan fingerprint density at radius 3 is 1.29 bits per heavy atom. The third kappa shape index (κ3) is 21.4.